The first-order valence-corrected chi connectivity index (χ1v) is 8.47. The molecule has 1 aromatic rings. The van der Waals surface area contributed by atoms with Crippen molar-refractivity contribution in [2.45, 2.75) is 42.9 Å². The van der Waals surface area contributed by atoms with E-state index >= 15 is 0 Å². The molecule has 1 amide bonds. The van der Waals surface area contributed by atoms with Gasteiger partial charge >= 0.3 is 0 Å². The lowest BCUT2D eigenvalue weighted by atomic mass is 10.1. The zero-order valence-corrected chi connectivity index (χ0v) is 13.9. The van der Waals surface area contributed by atoms with Crippen molar-refractivity contribution in [2.24, 2.45) is 0 Å². The largest absolute Gasteiger partial charge is 0.396 e. The third kappa shape index (κ3) is 3.92. The van der Waals surface area contributed by atoms with Crippen LogP contribution >= 0.6 is 23.4 Å². The van der Waals surface area contributed by atoms with Crippen LogP contribution in [-0.2, 0) is 4.79 Å². The zero-order chi connectivity index (χ0) is 15.4. The first kappa shape index (κ1) is 16.6. The molecule has 1 aromatic carbocycles. The summed E-state index contributed by atoms with van der Waals surface area (Å²) in [4.78, 5) is 13.0. The van der Waals surface area contributed by atoms with Crippen molar-refractivity contribution in [2.75, 3.05) is 18.5 Å². The maximum atomic E-state index is 12.0. The van der Waals surface area contributed by atoms with Crippen LogP contribution in [-0.4, -0.2) is 29.4 Å². The average molecular weight is 329 g/mol. The standard InChI is InChI=1S/C15H21ClN2O2S/c1-3-5-17-14-10-7-11(16)13(21-9(2)4-6-19)8-12(10)18-15(14)20/h7-9,14,17,19H,3-6H2,1-2H3,(H,18,20). The summed E-state index contributed by atoms with van der Waals surface area (Å²) in [6.07, 6.45) is 1.69. The second kappa shape index (κ2) is 7.49. The molecule has 0 radical (unpaired) electrons. The van der Waals surface area contributed by atoms with Crippen LogP contribution < -0.4 is 10.6 Å². The molecule has 116 valence electrons. The van der Waals surface area contributed by atoms with Crippen molar-refractivity contribution in [3.63, 3.8) is 0 Å². The third-order valence-electron chi connectivity index (χ3n) is 3.40. The van der Waals surface area contributed by atoms with E-state index in [-0.39, 0.29) is 23.8 Å². The van der Waals surface area contributed by atoms with Crippen molar-refractivity contribution >= 4 is 35.0 Å². The minimum atomic E-state index is -0.314. The van der Waals surface area contributed by atoms with Gasteiger partial charge in [0.1, 0.15) is 6.04 Å². The van der Waals surface area contributed by atoms with Gasteiger partial charge in [-0.05, 0) is 31.5 Å². The van der Waals surface area contributed by atoms with Crippen LogP contribution in [0.25, 0.3) is 0 Å². The summed E-state index contributed by atoms with van der Waals surface area (Å²) in [6, 6.07) is 3.49. The molecule has 0 bridgehead atoms. The molecule has 4 nitrogen and oxygen atoms in total. The summed E-state index contributed by atoms with van der Waals surface area (Å²) in [5, 5.41) is 16.1. The van der Waals surface area contributed by atoms with Crippen molar-refractivity contribution in [3.05, 3.63) is 22.7 Å². The number of thioether (sulfide) groups is 1. The second-order valence-electron chi connectivity index (χ2n) is 5.19. The summed E-state index contributed by atoms with van der Waals surface area (Å²) in [5.41, 5.74) is 1.74. The Bertz CT molecular complexity index is 525. The molecule has 1 aliphatic heterocycles. The van der Waals surface area contributed by atoms with Gasteiger partial charge in [0.05, 0.1) is 5.02 Å². The molecule has 0 aromatic heterocycles. The highest BCUT2D eigenvalue weighted by atomic mass is 35.5. The number of fused-ring (bicyclic) bond motifs is 1. The molecule has 2 unspecified atom stereocenters. The number of amides is 1. The molecule has 1 aliphatic rings. The van der Waals surface area contributed by atoms with Crippen LogP contribution in [0.2, 0.25) is 5.02 Å². The smallest absolute Gasteiger partial charge is 0.246 e. The van der Waals surface area contributed by atoms with Gasteiger partial charge < -0.3 is 15.7 Å². The molecule has 6 heteroatoms. The Kier molecular flexibility index (Phi) is 5.93. The molecular weight excluding hydrogens is 308 g/mol. The van der Waals surface area contributed by atoms with E-state index in [1.165, 1.54) is 0 Å². The Balaban J connectivity index is 2.20. The number of carbonyl (C=O) groups excluding carboxylic acids is 1. The summed E-state index contributed by atoms with van der Waals surface area (Å²) in [6.45, 7) is 5.07. The summed E-state index contributed by atoms with van der Waals surface area (Å²) < 4.78 is 0. The second-order valence-corrected chi connectivity index (χ2v) is 7.07. The molecule has 2 rings (SSSR count). The van der Waals surface area contributed by atoms with E-state index in [2.05, 4.69) is 24.5 Å². The Labute approximate surface area is 134 Å². The normalized spacial score (nSPS) is 18.5. The highest BCUT2D eigenvalue weighted by molar-refractivity contribution is 8.00. The monoisotopic (exact) mass is 328 g/mol. The van der Waals surface area contributed by atoms with E-state index in [9.17, 15) is 4.79 Å². The summed E-state index contributed by atoms with van der Waals surface area (Å²) >= 11 is 7.97. The van der Waals surface area contributed by atoms with Gasteiger partial charge in [0.2, 0.25) is 5.91 Å². The lowest BCUT2D eigenvalue weighted by molar-refractivity contribution is -0.117. The molecular formula is C15H21ClN2O2S. The lowest BCUT2D eigenvalue weighted by Gasteiger charge is -2.14. The van der Waals surface area contributed by atoms with E-state index in [4.69, 9.17) is 16.7 Å². The highest BCUT2D eigenvalue weighted by Crippen LogP contribution is 2.40. The van der Waals surface area contributed by atoms with Crippen LogP contribution in [0, 0.1) is 0 Å². The number of hydrogen-bond acceptors (Lipinski definition) is 4. The van der Waals surface area contributed by atoms with Gasteiger partial charge in [0.25, 0.3) is 0 Å². The zero-order valence-electron chi connectivity index (χ0n) is 12.3. The molecule has 0 saturated heterocycles. The number of aliphatic hydroxyl groups excluding tert-OH is 1. The van der Waals surface area contributed by atoms with Crippen LogP contribution in [0.15, 0.2) is 17.0 Å². The molecule has 1 heterocycles. The van der Waals surface area contributed by atoms with Gasteiger partial charge in [0.15, 0.2) is 0 Å². The molecule has 21 heavy (non-hydrogen) atoms. The SMILES string of the molecule is CCCNC1C(=O)Nc2cc(SC(C)CCO)c(Cl)cc21. The van der Waals surface area contributed by atoms with Crippen molar-refractivity contribution in [3.8, 4) is 0 Å². The predicted molar refractivity (Wildman–Crippen MR) is 88.1 cm³/mol. The van der Waals surface area contributed by atoms with Gasteiger partial charge in [-0.15, -0.1) is 11.8 Å². The number of hydrogen-bond donors (Lipinski definition) is 3. The topological polar surface area (TPSA) is 61.4 Å². The van der Waals surface area contributed by atoms with Gasteiger partial charge in [-0.2, -0.15) is 0 Å². The van der Waals surface area contributed by atoms with Crippen molar-refractivity contribution < 1.29 is 9.90 Å². The number of aliphatic hydroxyl groups is 1. The quantitative estimate of drug-likeness (QED) is 0.673. The molecule has 0 saturated carbocycles. The Morgan fingerprint density at radius 3 is 2.95 bits per heavy atom. The molecule has 3 N–H and O–H groups in total. The number of rotatable bonds is 7. The number of benzene rings is 1. The summed E-state index contributed by atoms with van der Waals surface area (Å²) in [7, 11) is 0. The molecule has 0 spiro atoms. The average Bonchev–Trinajstić information content (AvgIpc) is 2.72. The van der Waals surface area contributed by atoms with E-state index < -0.39 is 0 Å². The van der Waals surface area contributed by atoms with Crippen LogP contribution in [0.4, 0.5) is 5.69 Å². The van der Waals surface area contributed by atoms with E-state index in [1.807, 2.05) is 12.1 Å². The van der Waals surface area contributed by atoms with E-state index in [0.717, 1.165) is 29.1 Å². The lowest BCUT2D eigenvalue weighted by Crippen LogP contribution is -2.27. The molecule has 0 fully saturated rings. The molecule has 0 aliphatic carbocycles. The number of halogens is 1. The van der Waals surface area contributed by atoms with E-state index in [1.54, 1.807) is 11.8 Å². The molecule has 2 atom stereocenters. The first-order valence-electron chi connectivity index (χ1n) is 7.22. The van der Waals surface area contributed by atoms with Gasteiger partial charge in [0, 0.05) is 28.0 Å². The van der Waals surface area contributed by atoms with Crippen LogP contribution in [0.1, 0.15) is 38.3 Å². The first-order chi connectivity index (χ1) is 10.1. The highest BCUT2D eigenvalue weighted by Gasteiger charge is 2.31. The van der Waals surface area contributed by atoms with Gasteiger partial charge in [-0.3, -0.25) is 4.79 Å². The number of anilines is 1. The maximum absolute atomic E-state index is 12.0. The van der Waals surface area contributed by atoms with Crippen molar-refractivity contribution in [1.82, 2.24) is 5.32 Å². The minimum Gasteiger partial charge on any atom is -0.396 e. The van der Waals surface area contributed by atoms with E-state index in [0.29, 0.717) is 11.4 Å². The summed E-state index contributed by atoms with van der Waals surface area (Å²) in [5.74, 6) is -0.0277. The van der Waals surface area contributed by atoms with Gasteiger partial charge in [-0.1, -0.05) is 25.4 Å². The Hall–Kier alpha value is -0.750. The third-order valence-corrected chi connectivity index (χ3v) is 5.05. The maximum Gasteiger partial charge on any atom is 0.246 e. The fourth-order valence-corrected chi connectivity index (χ4v) is 3.62. The fraction of sp³-hybridized carbons (Fsp3) is 0.533. The Morgan fingerprint density at radius 2 is 2.29 bits per heavy atom. The van der Waals surface area contributed by atoms with Crippen molar-refractivity contribution in [1.29, 1.82) is 0 Å². The van der Waals surface area contributed by atoms with Crippen LogP contribution in [0.3, 0.4) is 0 Å². The minimum absolute atomic E-state index is 0.0277. The Morgan fingerprint density at radius 1 is 1.52 bits per heavy atom. The fourth-order valence-electron chi connectivity index (χ4n) is 2.30. The predicted octanol–water partition coefficient (Wildman–Crippen LogP) is 3.20. The van der Waals surface area contributed by atoms with Gasteiger partial charge in [-0.25, -0.2) is 0 Å². The number of carbonyl (C=O) groups is 1. The van der Waals surface area contributed by atoms with Crippen LogP contribution in [0.5, 0.6) is 0 Å². The number of nitrogens with one attached hydrogen (secondary N) is 2.